The topological polar surface area (TPSA) is 63.5 Å². The Morgan fingerprint density at radius 3 is 2.64 bits per heavy atom. The molecule has 2 heterocycles. The minimum atomic E-state index is -0.857. The van der Waals surface area contributed by atoms with Gasteiger partial charge in [0.1, 0.15) is 13.4 Å². The zero-order chi connectivity index (χ0) is 19.7. The zero-order valence-corrected chi connectivity index (χ0v) is 17.2. The van der Waals surface area contributed by atoms with Crippen LogP contribution in [-0.4, -0.2) is 42.2 Å². The number of aliphatic hydroxyl groups is 1. The molecule has 1 aromatic carbocycles. The van der Waals surface area contributed by atoms with Crippen molar-refractivity contribution >= 4 is 47.4 Å². The van der Waals surface area contributed by atoms with Crippen LogP contribution in [0.3, 0.4) is 0 Å². The number of carbonyl (C=O) groups excluding carboxylic acids is 1. The number of rotatable bonds is 5. The highest BCUT2D eigenvalue weighted by Crippen LogP contribution is 2.31. The van der Waals surface area contributed by atoms with Gasteiger partial charge in [-0.05, 0) is 30.9 Å². The molecule has 0 unspecified atom stereocenters. The largest absolute Gasteiger partial charge is 0.383 e. The summed E-state index contributed by atoms with van der Waals surface area (Å²) in [5.41, 5.74) is 1.88. The third kappa shape index (κ3) is 4.24. The molecule has 1 amide bonds. The second kappa shape index (κ2) is 8.09. The van der Waals surface area contributed by atoms with E-state index >= 15 is 0 Å². The van der Waals surface area contributed by atoms with Gasteiger partial charge in [0.05, 0.1) is 31.0 Å². The highest BCUT2D eigenvalue weighted by atomic mass is 35.5. The van der Waals surface area contributed by atoms with Gasteiger partial charge in [0.2, 0.25) is 5.91 Å². The molecule has 2 aliphatic rings. The van der Waals surface area contributed by atoms with Crippen LogP contribution in [0.2, 0.25) is 5.02 Å². The first-order chi connectivity index (χ1) is 13.4. The fourth-order valence-electron chi connectivity index (χ4n) is 4.60. The van der Waals surface area contributed by atoms with Gasteiger partial charge in [-0.15, -0.1) is 0 Å². The number of ether oxygens (including phenoxy) is 1. The summed E-state index contributed by atoms with van der Waals surface area (Å²) >= 11 is 6.29. The van der Waals surface area contributed by atoms with Crippen molar-refractivity contribution < 1.29 is 14.6 Å². The van der Waals surface area contributed by atoms with Crippen LogP contribution in [0.5, 0.6) is 0 Å². The van der Waals surface area contributed by atoms with Gasteiger partial charge >= 0.3 is 0 Å². The van der Waals surface area contributed by atoms with Crippen molar-refractivity contribution in [2.45, 2.75) is 57.1 Å². The van der Waals surface area contributed by atoms with Gasteiger partial charge in [0.15, 0.2) is 0 Å². The van der Waals surface area contributed by atoms with Gasteiger partial charge in [-0.25, -0.2) is 0 Å². The van der Waals surface area contributed by atoms with Gasteiger partial charge in [-0.3, -0.25) is 4.79 Å². The Bertz CT molecular complexity index is 870. The number of hydrogen-bond acceptors (Lipinski definition) is 3. The lowest BCUT2D eigenvalue weighted by atomic mass is 9.91. The predicted octanol–water partition coefficient (Wildman–Crippen LogP) is 2.61. The molecule has 1 aliphatic heterocycles. The van der Waals surface area contributed by atoms with Gasteiger partial charge in [-0.2, -0.15) is 0 Å². The minimum Gasteiger partial charge on any atom is -0.383 e. The van der Waals surface area contributed by atoms with Crippen molar-refractivity contribution in [2.75, 3.05) is 18.5 Å². The average Bonchev–Trinajstić information content (AvgIpc) is 2.78. The van der Waals surface area contributed by atoms with E-state index in [4.69, 9.17) is 16.3 Å². The van der Waals surface area contributed by atoms with E-state index in [-0.39, 0.29) is 5.91 Å². The van der Waals surface area contributed by atoms with Crippen LogP contribution >= 0.6 is 11.6 Å². The van der Waals surface area contributed by atoms with Crippen LogP contribution in [0.25, 0.3) is 10.9 Å². The molecule has 2 aromatic rings. The molecule has 2 N–H and O–H groups in total. The fourth-order valence-corrected chi connectivity index (χ4v) is 4.86. The van der Waals surface area contributed by atoms with E-state index in [9.17, 15) is 9.90 Å². The summed E-state index contributed by atoms with van der Waals surface area (Å²) in [7, 11) is 2.00. The Morgan fingerprint density at radius 1 is 1.29 bits per heavy atom. The van der Waals surface area contributed by atoms with E-state index in [0.717, 1.165) is 34.9 Å². The monoisotopic (exact) mass is 402 g/mol. The van der Waals surface area contributed by atoms with Gasteiger partial charge < -0.3 is 19.7 Å². The Labute approximate surface area is 171 Å². The molecule has 0 spiro atoms. The van der Waals surface area contributed by atoms with E-state index < -0.39 is 5.60 Å². The summed E-state index contributed by atoms with van der Waals surface area (Å²) in [4.78, 5) is 12.8. The molecule has 7 heteroatoms. The second-order valence-corrected chi connectivity index (χ2v) is 9.05. The van der Waals surface area contributed by atoms with Crippen LogP contribution in [0.15, 0.2) is 18.3 Å². The molecule has 0 atom stereocenters. The third-order valence-corrected chi connectivity index (χ3v) is 6.29. The predicted molar refractivity (Wildman–Crippen MR) is 115 cm³/mol. The highest BCUT2D eigenvalue weighted by molar-refractivity contribution is 6.43. The summed E-state index contributed by atoms with van der Waals surface area (Å²) in [5, 5.41) is 15.3. The molecular weight excluding hydrogens is 375 g/mol. The zero-order valence-electron chi connectivity index (χ0n) is 16.5. The van der Waals surface area contributed by atoms with E-state index in [0.29, 0.717) is 37.1 Å². The van der Waals surface area contributed by atoms with Gasteiger partial charge in [0, 0.05) is 23.0 Å². The first kappa shape index (κ1) is 19.8. The number of fused-ring (bicyclic) bond motifs is 1. The number of anilines is 1. The van der Waals surface area contributed by atoms with Crippen molar-refractivity contribution in [3.05, 3.63) is 23.4 Å². The Balaban J connectivity index is 1.58. The van der Waals surface area contributed by atoms with E-state index in [1.807, 2.05) is 30.7 Å². The number of amides is 1. The molecule has 1 aliphatic carbocycles. The number of halogens is 1. The van der Waals surface area contributed by atoms with E-state index in [1.165, 1.54) is 25.7 Å². The summed E-state index contributed by atoms with van der Waals surface area (Å²) < 4.78 is 7.16. The van der Waals surface area contributed by atoms with Crippen molar-refractivity contribution in [3.8, 4) is 0 Å². The lowest BCUT2D eigenvalue weighted by Gasteiger charge is -2.36. The van der Waals surface area contributed by atoms with Crippen molar-refractivity contribution in [3.63, 3.8) is 0 Å². The number of nitrogens with zero attached hydrogens (tertiary/aromatic N) is 1. The lowest BCUT2D eigenvalue weighted by molar-refractivity contribution is -0.184. The highest BCUT2D eigenvalue weighted by Gasteiger charge is 2.37. The first-order valence-corrected chi connectivity index (χ1v) is 10.7. The molecule has 150 valence electrons. The molecule has 5 nitrogen and oxygen atoms in total. The fraction of sp³-hybridized carbons (Fsp3) is 0.571. The third-order valence-electron chi connectivity index (χ3n) is 6.07. The minimum absolute atomic E-state index is 0.0750. The van der Waals surface area contributed by atoms with E-state index in [1.54, 1.807) is 0 Å². The number of aromatic nitrogens is 1. The maximum Gasteiger partial charge on any atom is 0.224 e. The van der Waals surface area contributed by atoms with Gasteiger partial charge in [0.25, 0.3) is 0 Å². The lowest BCUT2D eigenvalue weighted by Crippen LogP contribution is -2.52. The summed E-state index contributed by atoms with van der Waals surface area (Å²) in [6.07, 6.45) is 9.85. The molecular formula is C21H28BClN2O3. The second-order valence-electron chi connectivity index (χ2n) is 8.61. The maximum absolute atomic E-state index is 12.8. The summed E-state index contributed by atoms with van der Waals surface area (Å²) in [6, 6.07) is 3.81. The Kier molecular flexibility index (Phi) is 5.72. The number of nitrogens with one attached hydrogen (secondary N) is 1. The van der Waals surface area contributed by atoms with Gasteiger partial charge in [-0.1, -0.05) is 42.7 Å². The smallest absolute Gasteiger partial charge is 0.224 e. The Hall–Kier alpha value is -1.50. The Morgan fingerprint density at radius 2 is 2.00 bits per heavy atom. The average molecular weight is 403 g/mol. The normalized spacial score (nSPS) is 19.9. The standard InChI is InChI=1S/C21H28BClN2O3/c22-16-8-15(23)9-18-20(16)17(10-25(18)11-21(27)12-28-13-21)24-19(26)7-14-5-3-1-2-4-6-14/h8-10,14,27H,1-7,11-13,22H2,(H,24,26). The molecule has 0 radical (unpaired) electrons. The quantitative estimate of drug-likeness (QED) is 0.597. The van der Waals surface area contributed by atoms with Crippen molar-refractivity contribution in [1.82, 2.24) is 4.57 Å². The summed E-state index contributed by atoms with van der Waals surface area (Å²) in [6.45, 7) is 1.08. The van der Waals surface area contributed by atoms with Crippen LogP contribution < -0.4 is 10.8 Å². The maximum atomic E-state index is 12.8. The molecule has 1 aromatic heterocycles. The number of carbonyl (C=O) groups is 1. The molecule has 1 saturated carbocycles. The van der Waals surface area contributed by atoms with Crippen LogP contribution in [0.1, 0.15) is 44.9 Å². The van der Waals surface area contributed by atoms with Crippen LogP contribution in [0.4, 0.5) is 5.69 Å². The molecule has 2 fully saturated rings. The van der Waals surface area contributed by atoms with Crippen LogP contribution in [-0.2, 0) is 16.1 Å². The molecule has 28 heavy (non-hydrogen) atoms. The summed E-state index contributed by atoms with van der Waals surface area (Å²) in [5.74, 6) is 0.560. The van der Waals surface area contributed by atoms with Crippen molar-refractivity contribution in [2.24, 2.45) is 5.92 Å². The molecule has 4 rings (SSSR count). The van der Waals surface area contributed by atoms with Crippen LogP contribution in [0, 0.1) is 5.92 Å². The number of benzene rings is 1. The number of hydrogen-bond donors (Lipinski definition) is 2. The van der Waals surface area contributed by atoms with E-state index in [2.05, 4.69) is 5.32 Å². The SMILES string of the molecule is Bc1cc(Cl)cc2c1c(NC(=O)CC1CCCCCC1)cn2CC1(O)COC1. The molecule has 1 saturated heterocycles. The first-order valence-electron chi connectivity index (χ1n) is 10.3. The van der Waals surface area contributed by atoms with Crippen molar-refractivity contribution in [1.29, 1.82) is 0 Å². The molecule has 0 bridgehead atoms.